The number of amides is 1. The Morgan fingerprint density at radius 1 is 1.57 bits per heavy atom. The molecule has 1 atom stereocenters. The number of benzene rings is 1. The van der Waals surface area contributed by atoms with Gasteiger partial charge in [0, 0.05) is 0 Å². The van der Waals surface area contributed by atoms with E-state index in [9.17, 15) is 19.8 Å². The van der Waals surface area contributed by atoms with Gasteiger partial charge in [-0.15, -0.1) is 0 Å². The Kier molecular flexibility index (Phi) is 5.33. The second-order valence-electron chi connectivity index (χ2n) is 4.60. The Hall–Kier alpha value is -1.58. The van der Waals surface area contributed by atoms with Gasteiger partial charge in [-0.25, -0.2) is 0 Å². The minimum atomic E-state index is -1.38. The minimum Gasteiger partial charge on any atom is -0.548 e. The summed E-state index contributed by atoms with van der Waals surface area (Å²) in [5.74, 6) is -1.69. The first-order chi connectivity index (χ1) is 10.8. The SMILES string of the molecule is COc1cc(/C=C2/SC(=S)N([C@H](C)C(=O)[O-])C2=O)cc(Br)c1O. The van der Waals surface area contributed by atoms with Gasteiger partial charge in [-0.05, 0) is 46.6 Å². The van der Waals surface area contributed by atoms with Crippen LogP contribution in [0.2, 0.25) is 0 Å². The van der Waals surface area contributed by atoms with E-state index in [1.807, 2.05) is 0 Å². The predicted octanol–water partition coefficient (Wildman–Crippen LogP) is 1.50. The summed E-state index contributed by atoms with van der Waals surface area (Å²) in [6, 6.07) is 2.01. The third-order valence-corrected chi connectivity index (χ3v) is 5.06. The van der Waals surface area contributed by atoms with Crippen molar-refractivity contribution in [1.82, 2.24) is 4.90 Å². The number of aromatic hydroxyl groups is 1. The second-order valence-corrected chi connectivity index (χ2v) is 7.13. The maximum atomic E-state index is 12.3. The average molecular weight is 417 g/mol. The Morgan fingerprint density at radius 2 is 2.22 bits per heavy atom. The summed E-state index contributed by atoms with van der Waals surface area (Å²) in [5.41, 5.74) is 0.591. The molecule has 1 aromatic rings. The van der Waals surface area contributed by atoms with E-state index in [1.54, 1.807) is 18.2 Å². The van der Waals surface area contributed by atoms with Gasteiger partial charge >= 0.3 is 0 Å². The maximum absolute atomic E-state index is 12.3. The van der Waals surface area contributed by atoms with Crippen molar-refractivity contribution in [2.24, 2.45) is 0 Å². The lowest BCUT2D eigenvalue weighted by atomic mass is 10.1. The highest BCUT2D eigenvalue weighted by Crippen LogP contribution is 2.38. The van der Waals surface area contributed by atoms with E-state index in [0.717, 1.165) is 16.7 Å². The molecule has 0 aromatic heterocycles. The van der Waals surface area contributed by atoms with Crippen molar-refractivity contribution in [2.45, 2.75) is 13.0 Å². The Labute approximate surface area is 150 Å². The van der Waals surface area contributed by atoms with Crippen molar-refractivity contribution in [3.63, 3.8) is 0 Å². The molecule has 1 aliphatic rings. The Morgan fingerprint density at radius 3 is 2.78 bits per heavy atom. The number of thioether (sulfide) groups is 1. The average Bonchev–Trinajstić information content (AvgIpc) is 2.76. The largest absolute Gasteiger partial charge is 0.548 e. The fourth-order valence-electron chi connectivity index (χ4n) is 1.90. The number of phenols is 1. The fourth-order valence-corrected chi connectivity index (χ4v) is 3.78. The third kappa shape index (κ3) is 3.51. The van der Waals surface area contributed by atoms with Crippen LogP contribution in [0.15, 0.2) is 21.5 Å². The van der Waals surface area contributed by atoms with Crippen LogP contribution in [0.25, 0.3) is 6.08 Å². The van der Waals surface area contributed by atoms with E-state index in [-0.39, 0.29) is 20.7 Å². The zero-order valence-corrected chi connectivity index (χ0v) is 15.3. The maximum Gasteiger partial charge on any atom is 0.266 e. The summed E-state index contributed by atoms with van der Waals surface area (Å²) < 4.78 is 5.61. The highest BCUT2D eigenvalue weighted by Gasteiger charge is 2.35. The van der Waals surface area contributed by atoms with Gasteiger partial charge < -0.3 is 19.7 Å². The Balaban J connectivity index is 2.38. The molecule has 1 aromatic carbocycles. The monoisotopic (exact) mass is 416 g/mol. The van der Waals surface area contributed by atoms with Crippen LogP contribution in [0, 0.1) is 0 Å². The number of rotatable bonds is 4. The summed E-state index contributed by atoms with van der Waals surface area (Å²) in [4.78, 5) is 24.6. The first-order valence-electron chi connectivity index (χ1n) is 6.30. The van der Waals surface area contributed by atoms with Crippen LogP contribution in [0.3, 0.4) is 0 Å². The molecule has 23 heavy (non-hydrogen) atoms. The molecule has 6 nitrogen and oxygen atoms in total. The zero-order valence-electron chi connectivity index (χ0n) is 12.0. The van der Waals surface area contributed by atoms with Crippen molar-refractivity contribution in [1.29, 1.82) is 0 Å². The first kappa shape index (κ1) is 17.8. The van der Waals surface area contributed by atoms with Gasteiger partial charge in [0.15, 0.2) is 11.5 Å². The lowest BCUT2D eigenvalue weighted by Crippen LogP contribution is -2.48. The molecule has 122 valence electrons. The fraction of sp³-hybridized carbons (Fsp3) is 0.214. The van der Waals surface area contributed by atoms with E-state index in [4.69, 9.17) is 17.0 Å². The van der Waals surface area contributed by atoms with Crippen molar-refractivity contribution in [2.75, 3.05) is 7.11 Å². The number of carboxylic acid groups (broad SMARTS) is 1. The molecule has 2 rings (SSSR count). The van der Waals surface area contributed by atoms with Crippen LogP contribution in [0.5, 0.6) is 11.5 Å². The Bertz CT molecular complexity index is 734. The van der Waals surface area contributed by atoms with Gasteiger partial charge in [0.25, 0.3) is 5.91 Å². The van der Waals surface area contributed by atoms with E-state index in [0.29, 0.717) is 10.0 Å². The second kappa shape index (κ2) is 6.90. The number of halogens is 1. The van der Waals surface area contributed by atoms with Crippen LogP contribution in [0.4, 0.5) is 0 Å². The molecule has 0 unspecified atom stereocenters. The van der Waals surface area contributed by atoms with Crippen molar-refractivity contribution >= 4 is 62.2 Å². The van der Waals surface area contributed by atoms with Crippen LogP contribution < -0.4 is 9.84 Å². The summed E-state index contributed by atoms with van der Waals surface area (Å²) in [6.07, 6.45) is 1.55. The third-order valence-electron chi connectivity index (χ3n) is 3.12. The van der Waals surface area contributed by atoms with Crippen molar-refractivity contribution < 1.29 is 24.5 Å². The molecule has 1 aliphatic heterocycles. The highest BCUT2D eigenvalue weighted by molar-refractivity contribution is 9.10. The number of ether oxygens (including phenoxy) is 1. The summed E-state index contributed by atoms with van der Waals surface area (Å²) in [5, 5.41) is 20.8. The van der Waals surface area contributed by atoms with Gasteiger partial charge in [-0.3, -0.25) is 9.69 Å². The normalized spacial score (nSPS) is 17.7. The van der Waals surface area contributed by atoms with Crippen molar-refractivity contribution in [3.05, 3.63) is 27.1 Å². The molecule has 0 bridgehead atoms. The van der Waals surface area contributed by atoms with E-state index in [1.165, 1.54) is 14.0 Å². The molecule has 1 fully saturated rings. The number of carbonyl (C=O) groups is 2. The predicted molar refractivity (Wildman–Crippen MR) is 91.8 cm³/mol. The first-order valence-corrected chi connectivity index (χ1v) is 8.32. The molecular formula is C14H11BrNO5S2-. The van der Waals surface area contributed by atoms with Gasteiger partial charge in [0.1, 0.15) is 4.32 Å². The van der Waals surface area contributed by atoms with Crippen LogP contribution >= 0.6 is 39.9 Å². The molecule has 0 saturated carbocycles. The number of hydrogen-bond donors (Lipinski definition) is 1. The zero-order chi connectivity index (χ0) is 17.3. The molecule has 9 heteroatoms. The number of nitrogens with zero attached hydrogens (tertiary/aromatic N) is 1. The molecule has 1 heterocycles. The van der Waals surface area contributed by atoms with E-state index < -0.39 is 17.9 Å². The number of hydrogen-bond acceptors (Lipinski definition) is 7. The summed E-state index contributed by atoms with van der Waals surface area (Å²) in [6.45, 7) is 1.34. The molecule has 1 saturated heterocycles. The standard InChI is InChI=1S/C14H12BrNO5S2/c1-6(13(19)20)16-12(18)10(23-14(16)22)5-7-3-8(15)11(17)9(4-7)21-2/h3-6,17H,1-2H3,(H,19,20)/p-1/b10-5+/t6-/m1/s1. The molecule has 0 spiro atoms. The number of carbonyl (C=O) groups excluding carboxylic acids is 2. The van der Waals surface area contributed by atoms with Crippen LogP contribution in [-0.2, 0) is 9.59 Å². The number of methoxy groups -OCH3 is 1. The molecule has 0 aliphatic carbocycles. The van der Waals surface area contributed by atoms with Gasteiger partial charge in [0.2, 0.25) is 0 Å². The van der Waals surface area contributed by atoms with Gasteiger partial charge in [0.05, 0.1) is 28.5 Å². The van der Waals surface area contributed by atoms with Crippen LogP contribution in [-0.4, -0.2) is 39.4 Å². The molecule has 1 N–H and O–H groups in total. The summed E-state index contributed by atoms with van der Waals surface area (Å²) >= 11 is 9.26. The lowest BCUT2D eigenvalue weighted by molar-refractivity contribution is -0.309. The smallest absolute Gasteiger partial charge is 0.266 e. The number of thiocarbonyl (C=S) groups is 1. The molecular weight excluding hydrogens is 406 g/mol. The van der Waals surface area contributed by atoms with E-state index >= 15 is 0 Å². The summed E-state index contributed by atoms with van der Waals surface area (Å²) in [7, 11) is 1.41. The highest BCUT2D eigenvalue weighted by atomic mass is 79.9. The van der Waals surface area contributed by atoms with Crippen LogP contribution in [0.1, 0.15) is 12.5 Å². The van der Waals surface area contributed by atoms with Crippen molar-refractivity contribution in [3.8, 4) is 11.5 Å². The number of carboxylic acids is 1. The minimum absolute atomic E-state index is 0.0530. The van der Waals surface area contributed by atoms with Gasteiger partial charge in [-0.2, -0.15) is 0 Å². The molecule has 1 amide bonds. The number of phenolic OH excluding ortho intramolecular Hbond substituents is 1. The topological polar surface area (TPSA) is 89.9 Å². The quantitative estimate of drug-likeness (QED) is 0.587. The van der Waals surface area contributed by atoms with Gasteiger partial charge in [-0.1, -0.05) is 24.0 Å². The molecule has 0 radical (unpaired) electrons. The van der Waals surface area contributed by atoms with E-state index in [2.05, 4.69) is 15.9 Å². The lowest BCUT2D eigenvalue weighted by Gasteiger charge is -2.23. The number of aliphatic carboxylic acids is 1.